The van der Waals surface area contributed by atoms with Gasteiger partial charge in [0.1, 0.15) is 0 Å². The third-order valence-electron chi connectivity index (χ3n) is 3.01. The molecule has 4 heteroatoms. The fourth-order valence-corrected chi connectivity index (χ4v) is 2.19. The molecule has 0 bridgehead atoms. The van der Waals surface area contributed by atoms with Crippen LogP contribution >= 0.6 is 0 Å². The first-order valence-corrected chi connectivity index (χ1v) is 5.83. The standard InChI is InChI=1S/C13H18N2O2/c1-13(17)8-15(9-13)12(16)11-5-3-2-4-10(11)6-7-14/h2-5,17H,6-9,14H2,1H3. The van der Waals surface area contributed by atoms with Crippen molar-refractivity contribution in [2.45, 2.75) is 18.9 Å². The molecule has 0 spiro atoms. The number of amides is 1. The summed E-state index contributed by atoms with van der Waals surface area (Å²) in [6.45, 7) is 3.08. The number of carbonyl (C=O) groups is 1. The van der Waals surface area contributed by atoms with Crippen LogP contribution in [0.4, 0.5) is 0 Å². The number of likely N-dealkylation sites (tertiary alicyclic amines) is 1. The van der Waals surface area contributed by atoms with Crippen LogP contribution in [0.5, 0.6) is 0 Å². The van der Waals surface area contributed by atoms with Gasteiger partial charge in [-0.3, -0.25) is 4.79 Å². The second-order valence-electron chi connectivity index (χ2n) is 4.85. The molecule has 0 unspecified atom stereocenters. The summed E-state index contributed by atoms with van der Waals surface area (Å²) in [7, 11) is 0. The SMILES string of the molecule is CC1(O)CN(C(=O)c2ccccc2CCN)C1. The molecule has 0 atom stereocenters. The molecule has 0 aliphatic carbocycles. The maximum Gasteiger partial charge on any atom is 0.254 e. The van der Waals surface area contributed by atoms with Gasteiger partial charge in [0.15, 0.2) is 0 Å². The topological polar surface area (TPSA) is 66.6 Å². The fourth-order valence-electron chi connectivity index (χ4n) is 2.19. The Hall–Kier alpha value is -1.39. The lowest BCUT2D eigenvalue weighted by molar-refractivity contribution is -0.0669. The van der Waals surface area contributed by atoms with Crippen molar-refractivity contribution in [2.75, 3.05) is 19.6 Å². The molecule has 1 fully saturated rings. The second kappa shape index (κ2) is 4.47. The van der Waals surface area contributed by atoms with E-state index in [1.165, 1.54) is 0 Å². The number of benzene rings is 1. The number of nitrogens with two attached hydrogens (primary N) is 1. The van der Waals surface area contributed by atoms with Gasteiger partial charge in [0, 0.05) is 5.56 Å². The Morgan fingerprint density at radius 1 is 1.47 bits per heavy atom. The van der Waals surface area contributed by atoms with Crippen LogP contribution in [0.2, 0.25) is 0 Å². The van der Waals surface area contributed by atoms with E-state index in [0.717, 1.165) is 5.56 Å². The molecule has 1 amide bonds. The number of hydrogen-bond donors (Lipinski definition) is 2. The average molecular weight is 234 g/mol. The molecule has 1 saturated heterocycles. The first-order chi connectivity index (χ1) is 8.03. The van der Waals surface area contributed by atoms with Crippen molar-refractivity contribution in [2.24, 2.45) is 5.73 Å². The van der Waals surface area contributed by atoms with E-state index < -0.39 is 5.60 Å². The molecule has 1 heterocycles. The summed E-state index contributed by atoms with van der Waals surface area (Å²) >= 11 is 0. The van der Waals surface area contributed by atoms with Crippen LogP contribution in [0.25, 0.3) is 0 Å². The zero-order valence-corrected chi connectivity index (χ0v) is 10.0. The molecule has 1 aliphatic rings. The zero-order valence-electron chi connectivity index (χ0n) is 10.0. The minimum absolute atomic E-state index is 0.0134. The Bertz CT molecular complexity index is 421. The van der Waals surface area contributed by atoms with Gasteiger partial charge in [-0.1, -0.05) is 18.2 Å². The quantitative estimate of drug-likeness (QED) is 0.795. The average Bonchev–Trinajstić information content (AvgIpc) is 2.26. The van der Waals surface area contributed by atoms with Crippen molar-refractivity contribution < 1.29 is 9.90 Å². The molecule has 1 aromatic rings. The highest BCUT2D eigenvalue weighted by Gasteiger charge is 2.39. The molecule has 92 valence electrons. The van der Waals surface area contributed by atoms with Crippen LogP contribution in [0.1, 0.15) is 22.8 Å². The van der Waals surface area contributed by atoms with Gasteiger partial charge in [0.2, 0.25) is 0 Å². The predicted molar refractivity (Wildman–Crippen MR) is 65.7 cm³/mol. The summed E-state index contributed by atoms with van der Waals surface area (Å²) in [6, 6.07) is 7.51. The number of hydrogen-bond acceptors (Lipinski definition) is 3. The van der Waals surface area contributed by atoms with Crippen molar-refractivity contribution in [3.63, 3.8) is 0 Å². The molecule has 2 rings (SSSR count). The molecule has 0 aromatic heterocycles. The van der Waals surface area contributed by atoms with Crippen molar-refractivity contribution in [1.82, 2.24) is 4.90 Å². The number of nitrogens with zero attached hydrogens (tertiary/aromatic N) is 1. The smallest absolute Gasteiger partial charge is 0.254 e. The molecule has 4 nitrogen and oxygen atoms in total. The largest absolute Gasteiger partial charge is 0.386 e. The van der Waals surface area contributed by atoms with Crippen molar-refractivity contribution >= 4 is 5.91 Å². The van der Waals surface area contributed by atoms with E-state index in [-0.39, 0.29) is 5.91 Å². The Kier molecular flexibility index (Phi) is 3.17. The molecule has 3 N–H and O–H groups in total. The Balaban J connectivity index is 2.14. The van der Waals surface area contributed by atoms with Gasteiger partial charge in [0.25, 0.3) is 5.91 Å². The Morgan fingerprint density at radius 3 is 2.71 bits per heavy atom. The van der Waals surface area contributed by atoms with E-state index in [9.17, 15) is 9.90 Å². The van der Waals surface area contributed by atoms with Gasteiger partial charge in [-0.15, -0.1) is 0 Å². The lowest BCUT2D eigenvalue weighted by atomic mass is 9.94. The zero-order chi connectivity index (χ0) is 12.5. The van der Waals surface area contributed by atoms with Gasteiger partial charge < -0.3 is 15.7 Å². The Labute approximate surface area is 101 Å². The molecule has 17 heavy (non-hydrogen) atoms. The van der Waals surface area contributed by atoms with E-state index >= 15 is 0 Å². The van der Waals surface area contributed by atoms with E-state index in [0.29, 0.717) is 31.6 Å². The first kappa shape index (κ1) is 12.1. The lowest BCUT2D eigenvalue weighted by Gasteiger charge is -2.44. The summed E-state index contributed by atoms with van der Waals surface area (Å²) < 4.78 is 0. The monoisotopic (exact) mass is 234 g/mol. The molecule has 0 saturated carbocycles. The van der Waals surface area contributed by atoms with Crippen LogP contribution in [0.15, 0.2) is 24.3 Å². The molecular formula is C13H18N2O2. The molecular weight excluding hydrogens is 216 g/mol. The summed E-state index contributed by atoms with van der Waals surface area (Å²) in [4.78, 5) is 13.8. The van der Waals surface area contributed by atoms with Crippen LogP contribution in [-0.2, 0) is 6.42 Å². The number of carbonyl (C=O) groups excluding carboxylic acids is 1. The third-order valence-corrected chi connectivity index (χ3v) is 3.01. The maximum atomic E-state index is 12.2. The van der Waals surface area contributed by atoms with Gasteiger partial charge >= 0.3 is 0 Å². The number of β-amino-alcohol motifs (C(OH)–C–C–N with tert-alkyl or cyclic N) is 1. The highest BCUT2D eigenvalue weighted by Crippen LogP contribution is 2.23. The van der Waals surface area contributed by atoms with Gasteiger partial charge in [-0.05, 0) is 31.5 Å². The Morgan fingerprint density at radius 2 is 2.12 bits per heavy atom. The van der Waals surface area contributed by atoms with Gasteiger partial charge in [-0.25, -0.2) is 0 Å². The summed E-state index contributed by atoms with van der Waals surface area (Å²) in [6.07, 6.45) is 0.701. The van der Waals surface area contributed by atoms with Crippen LogP contribution in [-0.4, -0.2) is 41.1 Å². The van der Waals surface area contributed by atoms with E-state index in [1.54, 1.807) is 11.8 Å². The minimum Gasteiger partial charge on any atom is -0.386 e. The molecule has 1 aliphatic heterocycles. The van der Waals surface area contributed by atoms with Gasteiger partial charge in [0.05, 0.1) is 18.7 Å². The summed E-state index contributed by atoms with van der Waals surface area (Å²) in [5, 5.41) is 9.64. The minimum atomic E-state index is -0.724. The van der Waals surface area contributed by atoms with Crippen LogP contribution < -0.4 is 5.73 Å². The summed E-state index contributed by atoms with van der Waals surface area (Å²) in [5.41, 5.74) is 6.49. The maximum absolute atomic E-state index is 12.2. The van der Waals surface area contributed by atoms with Crippen molar-refractivity contribution in [3.8, 4) is 0 Å². The third kappa shape index (κ3) is 2.48. The number of aliphatic hydroxyl groups is 1. The second-order valence-corrected chi connectivity index (χ2v) is 4.85. The van der Waals surface area contributed by atoms with Crippen molar-refractivity contribution in [3.05, 3.63) is 35.4 Å². The van der Waals surface area contributed by atoms with E-state index in [1.807, 2.05) is 24.3 Å². The highest BCUT2D eigenvalue weighted by molar-refractivity contribution is 5.96. The molecule has 1 aromatic carbocycles. The highest BCUT2D eigenvalue weighted by atomic mass is 16.3. The normalized spacial score (nSPS) is 17.7. The lowest BCUT2D eigenvalue weighted by Crippen LogP contribution is -2.61. The summed E-state index contributed by atoms with van der Waals surface area (Å²) in [5.74, 6) is -0.0134. The van der Waals surface area contributed by atoms with Crippen molar-refractivity contribution in [1.29, 1.82) is 0 Å². The van der Waals surface area contributed by atoms with Gasteiger partial charge in [-0.2, -0.15) is 0 Å². The van der Waals surface area contributed by atoms with Crippen LogP contribution in [0.3, 0.4) is 0 Å². The fraction of sp³-hybridized carbons (Fsp3) is 0.462. The number of rotatable bonds is 3. The van der Waals surface area contributed by atoms with E-state index in [2.05, 4.69) is 0 Å². The molecule has 0 radical (unpaired) electrons. The van der Waals surface area contributed by atoms with Crippen LogP contribution in [0, 0.1) is 0 Å². The predicted octanol–water partition coefficient (Wildman–Crippen LogP) is 0.395. The first-order valence-electron chi connectivity index (χ1n) is 5.83. The van der Waals surface area contributed by atoms with E-state index in [4.69, 9.17) is 5.73 Å².